The van der Waals surface area contributed by atoms with Crippen LogP contribution in [0.25, 0.3) is 0 Å². The third-order valence-corrected chi connectivity index (χ3v) is 3.88. The van der Waals surface area contributed by atoms with Crippen LogP contribution in [0.15, 0.2) is 0 Å². The quantitative estimate of drug-likeness (QED) is 0.786. The first-order valence-corrected chi connectivity index (χ1v) is 7.83. The van der Waals surface area contributed by atoms with Gasteiger partial charge in [0.05, 0.1) is 18.3 Å². The van der Waals surface area contributed by atoms with Crippen LogP contribution >= 0.6 is 11.3 Å². The maximum atomic E-state index is 12.0. The van der Waals surface area contributed by atoms with Crippen LogP contribution in [0.4, 0.5) is 5.13 Å². The SMILES string of the molecule is CCOC(=O)c1sc(NC(=O)[C@@H](N)C(C)C)nc1C(C)C. The van der Waals surface area contributed by atoms with E-state index in [0.29, 0.717) is 22.3 Å². The fraction of sp³-hybridized carbons (Fsp3) is 0.643. The van der Waals surface area contributed by atoms with E-state index < -0.39 is 12.0 Å². The number of nitrogens with one attached hydrogen (secondary N) is 1. The lowest BCUT2D eigenvalue weighted by atomic mass is 10.1. The molecule has 1 rings (SSSR count). The van der Waals surface area contributed by atoms with Crippen LogP contribution in [0.2, 0.25) is 0 Å². The topological polar surface area (TPSA) is 94.3 Å². The van der Waals surface area contributed by atoms with Gasteiger partial charge in [-0.3, -0.25) is 4.79 Å². The summed E-state index contributed by atoms with van der Waals surface area (Å²) >= 11 is 1.12. The molecule has 3 N–H and O–H groups in total. The van der Waals surface area contributed by atoms with Crippen molar-refractivity contribution in [3.8, 4) is 0 Å². The smallest absolute Gasteiger partial charge is 0.350 e. The molecule has 1 amide bonds. The summed E-state index contributed by atoms with van der Waals surface area (Å²) in [4.78, 5) is 28.6. The molecule has 1 aromatic heterocycles. The summed E-state index contributed by atoms with van der Waals surface area (Å²) in [6, 6.07) is -0.609. The number of nitrogens with two attached hydrogens (primary N) is 1. The van der Waals surface area contributed by atoms with E-state index in [9.17, 15) is 9.59 Å². The van der Waals surface area contributed by atoms with Gasteiger partial charge in [0, 0.05) is 0 Å². The first kappa shape index (κ1) is 17.6. The van der Waals surface area contributed by atoms with Crippen LogP contribution in [-0.2, 0) is 9.53 Å². The molecule has 0 saturated heterocycles. The van der Waals surface area contributed by atoms with E-state index in [4.69, 9.17) is 10.5 Å². The first-order valence-electron chi connectivity index (χ1n) is 7.02. The van der Waals surface area contributed by atoms with E-state index >= 15 is 0 Å². The number of esters is 1. The van der Waals surface area contributed by atoms with E-state index in [1.54, 1.807) is 6.92 Å². The second-order valence-corrected chi connectivity index (χ2v) is 6.37. The lowest BCUT2D eigenvalue weighted by Gasteiger charge is -2.13. The Kier molecular flexibility index (Phi) is 6.29. The number of ether oxygens (including phenoxy) is 1. The van der Waals surface area contributed by atoms with Gasteiger partial charge in [0.1, 0.15) is 4.88 Å². The number of carbonyl (C=O) groups excluding carboxylic acids is 2. The zero-order valence-corrected chi connectivity index (χ0v) is 13.9. The highest BCUT2D eigenvalue weighted by Gasteiger charge is 2.24. The number of amides is 1. The molecule has 0 bridgehead atoms. The van der Waals surface area contributed by atoms with Crippen molar-refractivity contribution in [3.63, 3.8) is 0 Å². The van der Waals surface area contributed by atoms with Crippen LogP contribution in [0.3, 0.4) is 0 Å². The summed E-state index contributed by atoms with van der Waals surface area (Å²) < 4.78 is 5.02. The Hall–Kier alpha value is -1.47. The molecule has 0 aliphatic heterocycles. The molecule has 0 fully saturated rings. The lowest BCUT2D eigenvalue weighted by molar-refractivity contribution is -0.118. The Balaban J connectivity index is 2.97. The van der Waals surface area contributed by atoms with E-state index in [-0.39, 0.29) is 17.7 Å². The standard InChI is InChI=1S/C14H23N3O3S/c1-6-20-13(19)11-10(8(4)5)16-14(21-11)17-12(18)9(15)7(2)3/h7-9H,6,15H2,1-5H3,(H,16,17,18)/t9-/m0/s1. The van der Waals surface area contributed by atoms with Gasteiger partial charge >= 0.3 is 5.97 Å². The average Bonchev–Trinajstić information content (AvgIpc) is 2.82. The number of carbonyl (C=O) groups is 2. The molecule has 0 spiro atoms. The normalized spacial score (nSPS) is 12.6. The molecular weight excluding hydrogens is 290 g/mol. The van der Waals surface area contributed by atoms with Gasteiger partial charge in [-0.25, -0.2) is 9.78 Å². The van der Waals surface area contributed by atoms with E-state index in [2.05, 4.69) is 10.3 Å². The van der Waals surface area contributed by atoms with Gasteiger partial charge in [0.2, 0.25) is 5.91 Å². The molecule has 1 atom stereocenters. The first-order chi connectivity index (χ1) is 9.77. The van der Waals surface area contributed by atoms with E-state index in [1.165, 1.54) is 0 Å². The maximum absolute atomic E-state index is 12.0. The highest BCUT2D eigenvalue weighted by molar-refractivity contribution is 7.17. The molecule has 0 aromatic carbocycles. The second kappa shape index (κ2) is 7.51. The fourth-order valence-electron chi connectivity index (χ4n) is 1.61. The summed E-state index contributed by atoms with van der Waals surface area (Å²) in [7, 11) is 0. The molecule has 0 unspecified atom stereocenters. The molecule has 0 aliphatic carbocycles. The van der Waals surface area contributed by atoms with Crippen molar-refractivity contribution in [2.24, 2.45) is 11.7 Å². The summed E-state index contributed by atoms with van der Waals surface area (Å²) in [5.41, 5.74) is 6.42. The minimum absolute atomic E-state index is 0.0269. The van der Waals surface area contributed by atoms with Crippen molar-refractivity contribution in [2.75, 3.05) is 11.9 Å². The Labute approximate surface area is 129 Å². The van der Waals surface area contributed by atoms with Crippen molar-refractivity contribution in [2.45, 2.75) is 46.6 Å². The number of nitrogens with zero attached hydrogens (tertiary/aromatic N) is 1. The van der Waals surface area contributed by atoms with Gasteiger partial charge in [0.15, 0.2) is 5.13 Å². The zero-order valence-electron chi connectivity index (χ0n) is 13.1. The molecule has 0 radical (unpaired) electrons. The van der Waals surface area contributed by atoms with Gasteiger partial charge in [0.25, 0.3) is 0 Å². The number of rotatable bonds is 6. The molecule has 1 aromatic rings. The highest BCUT2D eigenvalue weighted by Crippen LogP contribution is 2.29. The van der Waals surface area contributed by atoms with E-state index in [0.717, 1.165) is 11.3 Å². The van der Waals surface area contributed by atoms with Gasteiger partial charge in [-0.15, -0.1) is 0 Å². The largest absolute Gasteiger partial charge is 0.462 e. The van der Waals surface area contributed by atoms with E-state index in [1.807, 2.05) is 27.7 Å². The number of aromatic nitrogens is 1. The Morgan fingerprint density at radius 1 is 1.33 bits per heavy atom. The van der Waals surface area contributed by atoms with Gasteiger partial charge < -0.3 is 15.8 Å². The molecule has 0 aliphatic rings. The van der Waals surface area contributed by atoms with Crippen molar-refractivity contribution < 1.29 is 14.3 Å². The van der Waals surface area contributed by atoms with Crippen molar-refractivity contribution in [1.29, 1.82) is 0 Å². The van der Waals surface area contributed by atoms with Crippen molar-refractivity contribution in [3.05, 3.63) is 10.6 Å². The fourth-order valence-corrected chi connectivity index (χ4v) is 2.63. The van der Waals surface area contributed by atoms with Crippen LogP contribution in [0, 0.1) is 5.92 Å². The number of hydrogen-bond donors (Lipinski definition) is 2. The molecule has 0 saturated carbocycles. The number of hydrogen-bond acceptors (Lipinski definition) is 6. The molecular formula is C14H23N3O3S. The summed E-state index contributed by atoms with van der Waals surface area (Å²) in [5, 5.41) is 3.05. The van der Waals surface area contributed by atoms with Crippen LogP contribution in [0.5, 0.6) is 0 Å². The lowest BCUT2D eigenvalue weighted by Crippen LogP contribution is -2.39. The van der Waals surface area contributed by atoms with Gasteiger partial charge in [-0.05, 0) is 18.8 Å². The van der Waals surface area contributed by atoms with Crippen LogP contribution in [-0.4, -0.2) is 29.5 Å². The molecule has 7 heteroatoms. The second-order valence-electron chi connectivity index (χ2n) is 5.37. The molecule has 1 heterocycles. The molecule has 6 nitrogen and oxygen atoms in total. The predicted octanol–water partition coefficient (Wildman–Crippen LogP) is 2.37. The summed E-state index contributed by atoms with van der Waals surface area (Å²) in [5.74, 6) is -0.624. The van der Waals surface area contributed by atoms with Gasteiger partial charge in [-0.2, -0.15) is 0 Å². The third-order valence-electron chi connectivity index (χ3n) is 2.91. The van der Waals surface area contributed by atoms with Crippen LogP contribution < -0.4 is 11.1 Å². The van der Waals surface area contributed by atoms with Crippen LogP contribution in [0.1, 0.15) is 55.9 Å². The predicted molar refractivity (Wildman–Crippen MR) is 83.6 cm³/mol. The Morgan fingerprint density at radius 3 is 2.43 bits per heavy atom. The maximum Gasteiger partial charge on any atom is 0.350 e. The Bertz CT molecular complexity index is 512. The molecule has 118 valence electrons. The zero-order chi connectivity index (χ0) is 16.2. The summed E-state index contributed by atoms with van der Waals surface area (Å²) in [6.07, 6.45) is 0. The minimum atomic E-state index is -0.609. The average molecular weight is 313 g/mol. The van der Waals surface area contributed by atoms with Crippen molar-refractivity contribution in [1.82, 2.24) is 4.98 Å². The van der Waals surface area contributed by atoms with Gasteiger partial charge in [-0.1, -0.05) is 39.0 Å². The Morgan fingerprint density at radius 2 is 1.95 bits per heavy atom. The highest BCUT2D eigenvalue weighted by atomic mass is 32.1. The number of anilines is 1. The summed E-state index contributed by atoms with van der Waals surface area (Å²) in [6.45, 7) is 9.66. The minimum Gasteiger partial charge on any atom is -0.462 e. The third kappa shape index (κ3) is 4.50. The number of thiazole rings is 1. The van der Waals surface area contributed by atoms with Crippen molar-refractivity contribution >= 4 is 28.3 Å². The monoisotopic (exact) mass is 313 g/mol. The molecule has 21 heavy (non-hydrogen) atoms.